The minimum absolute atomic E-state index is 0.348. The normalized spacial score (nSPS) is 12.1. The second kappa shape index (κ2) is 8.04. The molecule has 0 saturated carbocycles. The third-order valence-corrected chi connectivity index (χ3v) is 3.57. The van der Waals surface area contributed by atoms with E-state index in [0.717, 1.165) is 10.5 Å². The molecule has 0 amide bonds. The summed E-state index contributed by atoms with van der Waals surface area (Å²) >= 11 is 9.44. The average Bonchev–Trinajstić information content (AvgIpc) is 2.50. The quantitative estimate of drug-likeness (QED) is 0.672. The summed E-state index contributed by atoms with van der Waals surface area (Å²) in [4.78, 5) is 10.5. The van der Waals surface area contributed by atoms with Crippen LogP contribution in [0.15, 0.2) is 59.1 Å². The molecule has 1 unspecified atom stereocenters. The molecule has 0 heterocycles. The fraction of sp³-hybridized carbons (Fsp3) is 0.118. The summed E-state index contributed by atoms with van der Waals surface area (Å²) in [6, 6.07) is 12.4. The molecule has 0 aliphatic rings. The van der Waals surface area contributed by atoms with Crippen LogP contribution in [-0.2, 0) is 4.79 Å². The van der Waals surface area contributed by atoms with E-state index in [1.54, 1.807) is 43.3 Å². The second-order valence-electron chi connectivity index (χ2n) is 4.67. The number of aliphatic carboxylic acids is 1. The molecule has 23 heavy (non-hydrogen) atoms. The number of carboxylic acids is 1. The van der Waals surface area contributed by atoms with Gasteiger partial charge >= 0.3 is 5.97 Å². The van der Waals surface area contributed by atoms with Gasteiger partial charge in [-0.1, -0.05) is 27.5 Å². The molecule has 0 saturated heterocycles. The molecule has 2 rings (SSSR count). The molecule has 2 aromatic carbocycles. The Morgan fingerprint density at radius 1 is 1.22 bits per heavy atom. The lowest BCUT2D eigenvalue weighted by atomic mass is 10.3. The summed E-state index contributed by atoms with van der Waals surface area (Å²) in [5.74, 6) is 0.786. The third kappa shape index (κ3) is 5.62. The first kappa shape index (κ1) is 17.4. The van der Waals surface area contributed by atoms with Gasteiger partial charge in [0.15, 0.2) is 0 Å². The number of ether oxygens (including phenoxy) is 2. The summed E-state index contributed by atoms with van der Waals surface area (Å²) in [5.41, 5.74) is 0. The molecule has 2 aromatic rings. The molecule has 0 fully saturated rings. The number of hydrogen-bond acceptors (Lipinski definition) is 3. The van der Waals surface area contributed by atoms with Crippen molar-refractivity contribution in [3.05, 3.63) is 64.1 Å². The zero-order chi connectivity index (χ0) is 16.8. The van der Waals surface area contributed by atoms with Crippen molar-refractivity contribution in [1.82, 2.24) is 0 Å². The summed E-state index contributed by atoms with van der Waals surface area (Å²) in [7, 11) is 0. The second-order valence-corrected chi connectivity index (χ2v) is 5.99. The predicted octanol–water partition coefficient (Wildman–Crippen LogP) is 5.30. The molecule has 1 N–H and O–H groups in total. The molecule has 0 spiro atoms. The van der Waals surface area contributed by atoms with Gasteiger partial charge < -0.3 is 14.6 Å². The number of carbonyl (C=O) groups is 1. The Bertz CT molecular complexity index is 713. The van der Waals surface area contributed by atoms with Crippen molar-refractivity contribution in [2.75, 3.05) is 0 Å². The fourth-order valence-corrected chi connectivity index (χ4v) is 2.45. The highest BCUT2D eigenvalue weighted by Gasteiger charge is 2.05. The Kier molecular flexibility index (Phi) is 6.07. The van der Waals surface area contributed by atoms with Gasteiger partial charge in [-0.25, -0.2) is 4.79 Å². The summed E-state index contributed by atoms with van der Waals surface area (Å²) < 4.78 is 12.2. The molecular formula is C17H14BrClO4. The highest BCUT2D eigenvalue weighted by atomic mass is 79.9. The van der Waals surface area contributed by atoms with Crippen LogP contribution in [0.5, 0.6) is 17.2 Å². The van der Waals surface area contributed by atoms with Crippen molar-refractivity contribution in [3.63, 3.8) is 0 Å². The first-order valence-electron chi connectivity index (χ1n) is 6.75. The molecule has 0 radical (unpaired) electrons. The van der Waals surface area contributed by atoms with Gasteiger partial charge in [0.2, 0.25) is 0 Å². The van der Waals surface area contributed by atoms with E-state index in [1.165, 1.54) is 6.08 Å². The molecule has 0 aromatic heterocycles. The van der Waals surface area contributed by atoms with Crippen molar-refractivity contribution in [2.45, 2.75) is 13.0 Å². The summed E-state index contributed by atoms with van der Waals surface area (Å²) in [6.07, 6.45) is 2.17. The average molecular weight is 398 g/mol. The number of halogens is 2. The largest absolute Gasteiger partial charge is 0.487 e. The SMILES string of the molecule is CC(C=CC(=O)O)Oc1ccc(Oc2ccc(Br)cc2Cl)cc1. The topological polar surface area (TPSA) is 55.8 Å². The molecule has 1 atom stereocenters. The first-order chi connectivity index (χ1) is 10.9. The van der Waals surface area contributed by atoms with E-state index in [4.69, 9.17) is 26.2 Å². The van der Waals surface area contributed by atoms with Crippen LogP contribution in [0.4, 0.5) is 0 Å². The lowest BCUT2D eigenvalue weighted by Gasteiger charge is -2.12. The van der Waals surface area contributed by atoms with Crippen molar-refractivity contribution in [3.8, 4) is 17.2 Å². The zero-order valence-electron chi connectivity index (χ0n) is 12.2. The molecule has 0 bridgehead atoms. The van der Waals surface area contributed by atoms with E-state index in [-0.39, 0.29) is 6.10 Å². The number of benzene rings is 2. The van der Waals surface area contributed by atoms with Crippen LogP contribution in [0.3, 0.4) is 0 Å². The maximum atomic E-state index is 10.5. The van der Waals surface area contributed by atoms with Crippen LogP contribution >= 0.6 is 27.5 Å². The molecular weight excluding hydrogens is 384 g/mol. The van der Waals surface area contributed by atoms with E-state index in [0.29, 0.717) is 22.3 Å². The molecule has 4 nitrogen and oxygen atoms in total. The lowest BCUT2D eigenvalue weighted by molar-refractivity contribution is -0.131. The van der Waals surface area contributed by atoms with Gasteiger partial charge in [-0.05, 0) is 55.5 Å². The van der Waals surface area contributed by atoms with E-state index in [2.05, 4.69) is 15.9 Å². The van der Waals surface area contributed by atoms with Crippen LogP contribution in [0.2, 0.25) is 5.02 Å². The van der Waals surface area contributed by atoms with Crippen molar-refractivity contribution in [1.29, 1.82) is 0 Å². The van der Waals surface area contributed by atoms with Crippen LogP contribution in [-0.4, -0.2) is 17.2 Å². The van der Waals surface area contributed by atoms with Crippen molar-refractivity contribution in [2.24, 2.45) is 0 Å². The maximum absolute atomic E-state index is 10.5. The minimum atomic E-state index is -1.00. The molecule has 0 aliphatic heterocycles. The van der Waals surface area contributed by atoms with Crippen molar-refractivity contribution >= 4 is 33.5 Å². The van der Waals surface area contributed by atoms with Gasteiger partial charge in [0.25, 0.3) is 0 Å². The van der Waals surface area contributed by atoms with Gasteiger partial charge in [-0.15, -0.1) is 0 Å². The lowest BCUT2D eigenvalue weighted by Crippen LogP contribution is -2.08. The van der Waals surface area contributed by atoms with Gasteiger partial charge in [0.05, 0.1) is 5.02 Å². The monoisotopic (exact) mass is 396 g/mol. The van der Waals surface area contributed by atoms with Crippen LogP contribution in [0.1, 0.15) is 6.92 Å². The Morgan fingerprint density at radius 3 is 2.48 bits per heavy atom. The summed E-state index contributed by atoms with van der Waals surface area (Å²) in [6.45, 7) is 1.76. The van der Waals surface area contributed by atoms with Gasteiger partial charge in [0.1, 0.15) is 23.4 Å². The van der Waals surface area contributed by atoms with Crippen LogP contribution in [0.25, 0.3) is 0 Å². The zero-order valence-corrected chi connectivity index (χ0v) is 14.5. The number of rotatable bonds is 6. The highest BCUT2D eigenvalue weighted by molar-refractivity contribution is 9.10. The Balaban J connectivity index is 2.00. The molecule has 6 heteroatoms. The number of carboxylic acid groups (broad SMARTS) is 1. The van der Waals surface area contributed by atoms with Gasteiger partial charge in [-0.3, -0.25) is 0 Å². The maximum Gasteiger partial charge on any atom is 0.328 e. The van der Waals surface area contributed by atoms with E-state index in [9.17, 15) is 4.79 Å². The third-order valence-electron chi connectivity index (χ3n) is 2.78. The highest BCUT2D eigenvalue weighted by Crippen LogP contribution is 2.32. The van der Waals surface area contributed by atoms with E-state index >= 15 is 0 Å². The first-order valence-corrected chi connectivity index (χ1v) is 7.92. The Morgan fingerprint density at radius 2 is 1.87 bits per heavy atom. The molecule has 120 valence electrons. The smallest absolute Gasteiger partial charge is 0.328 e. The standard InChI is InChI=1S/C17H14BrClO4/c1-11(2-9-17(20)21)22-13-4-6-14(7-5-13)23-16-8-3-12(18)10-15(16)19/h2-11H,1H3,(H,20,21). The van der Waals surface area contributed by atoms with Crippen LogP contribution < -0.4 is 9.47 Å². The van der Waals surface area contributed by atoms with E-state index in [1.807, 2.05) is 6.07 Å². The number of hydrogen-bond donors (Lipinski definition) is 1. The molecule has 0 aliphatic carbocycles. The fourth-order valence-electron chi connectivity index (χ4n) is 1.74. The van der Waals surface area contributed by atoms with Crippen LogP contribution in [0, 0.1) is 0 Å². The van der Waals surface area contributed by atoms with E-state index < -0.39 is 5.97 Å². The minimum Gasteiger partial charge on any atom is -0.487 e. The Hall–Kier alpha value is -1.98. The predicted molar refractivity (Wildman–Crippen MR) is 92.5 cm³/mol. The Labute approximate surface area is 147 Å². The van der Waals surface area contributed by atoms with Crippen molar-refractivity contribution < 1.29 is 19.4 Å². The van der Waals surface area contributed by atoms with Gasteiger partial charge in [0, 0.05) is 10.5 Å². The summed E-state index contributed by atoms with van der Waals surface area (Å²) in [5, 5.41) is 9.08. The van der Waals surface area contributed by atoms with Gasteiger partial charge in [-0.2, -0.15) is 0 Å².